The second-order valence-electron chi connectivity index (χ2n) is 5.71. The standard InChI is InChI=1S/C18H17ClF3NS/c1-17(12-23,11-10-13-2-6-15(19)7-3-13)24-16-8-4-14(5-9-16)18(20,21)22/h2-9,12,23H,10-11H2,1H3. The molecule has 0 aliphatic carbocycles. The highest BCUT2D eigenvalue weighted by Gasteiger charge is 2.30. The van der Waals surface area contributed by atoms with Crippen molar-refractivity contribution in [1.29, 1.82) is 5.41 Å². The first-order valence-corrected chi connectivity index (χ1v) is 8.54. The number of rotatable bonds is 6. The van der Waals surface area contributed by atoms with Crippen LogP contribution in [0.4, 0.5) is 13.2 Å². The maximum absolute atomic E-state index is 12.6. The van der Waals surface area contributed by atoms with E-state index in [1.807, 2.05) is 31.2 Å². The first kappa shape index (κ1) is 18.9. The number of hydrogen-bond acceptors (Lipinski definition) is 2. The molecule has 0 aliphatic rings. The molecule has 0 radical (unpaired) electrons. The van der Waals surface area contributed by atoms with Gasteiger partial charge in [-0.1, -0.05) is 23.7 Å². The van der Waals surface area contributed by atoms with Crippen molar-refractivity contribution < 1.29 is 13.2 Å². The monoisotopic (exact) mass is 371 g/mol. The average Bonchev–Trinajstić information content (AvgIpc) is 2.54. The molecule has 0 fully saturated rings. The van der Waals surface area contributed by atoms with E-state index in [-0.39, 0.29) is 0 Å². The molecule has 1 nitrogen and oxygen atoms in total. The lowest BCUT2D eigenvalue weighted by Gasteiger charge is -2.24. The van der Waals surface area contributed by atoms with Crippen LogP contribution in [0.1, 0.15) is 24.5 Å². The van der Waals surface area contributed by atoms with Crippen molar-refractivity contribution >= 4 is 29.6 Å². The molecule has 1 N–H and O–H groups in total. The van der Waals surface area contributed by atoms with Gasteiger partial charge in [0, 0.05) is 16.1 Å². The molecular formula is C18H17ClF3NS. The van der Waals surface area contributed by atoms with Crippen LogP contribution in [0, 0.1) is 5.41 Å². The third kappa shape index (κ3) is 5.28. The smallest absolute Gasteiger partial charge is 0.312 e. The number of nitrogens with one attached hydrogen (secondary N) is 1. The lowest BCUT2D eigenvalue weighted by atomic mass is 10.0. The topological polar surface area (TPSA) is 23.9 Å². The Kier molecular flexibility index (Phi) is 5.99. The fourth-order valence-electron chi connectivity index (χ4n) is 2.18. The number of aryl methyl sites for hydroxylation is 1. The summed E-state index contributed by atoms with van der Waals surface area (Å²) in [6.07, 6.45) is -1.52. The van der Waals surface area contributed by atoms with Crippen LogP contribution in [-0.4, -0.2) is 11.0 Å². The van der Waals surface area contributed by atoms with Gasteiger partial charge in [-0.15, -0.1) is 11.8 Å². The van der Waals surface area contributed by atoms with Crippen molar-refractivity contribution in [1.82, 2.24) is 0 Å². The fraction of sp³-hybridized carbons (Fsp3) is 0.278. The van der Waals surface area contributed by atoms with Crippen LogP contribution in [-0.2, 0) is 12.6 Å². The van der Waals surface area contributed by atoms with E-state index in [0.717, 1.165) is 24.1 Å². The maximum atomic E-state index is 12.6. The van der Waals surface area contributed by atoms with Crippen molar-refractivity contribution in [3.8, 4) is 0 Å². The molecule has 2 aromatic carbocycles. The molecule has 128 valence electrons. The summed E-state index contributed by atoms with van der Waals surface area (Å²) in [4.78, 5) is 0.713. The molecule has 0 aliphatic heterocycles. The van der Waals surface area contributed by atoms with Crippen LogP contribution in [0.3, 0.4) is 0 Å². The molecule has 0 spiro atoms. The summed E-state index contributed by atoms with van der Waals surface area (Å²) >= 11 is 7.26. The third-order valence-corrected chi connectivity index (χ3v) is 5.21. The quantitative estimate of drug-likeness (QED) is 0.455. The van der Waals surface area contributed by atoms with Crippen LogP contribution in [0.5, 0.6) is 0 Å². The van der Waals surface area contributed by atoms with Crippen molar-refractivity contribution in [3.05, 3.63) is 64.7 Å². The van der Waals surface area contributed by atoms with E-state index in [0.29, 0.717) is 16.3 Å². The predicted molar refractivity (Wildman–Crippen MR) is 94.3 cm³/mol. The maximum Gasteiger partial charge on any atom is 0.416 e. The zero-order valence-electron chi connectivity index (χ0n) is 13.0. The molecule has 0 heterocycles. The van der Waals surface area contributed by atoms with Gasteiger partial charge in [-0.25, -0.2) is 0 Å². The van der Waals surface area contributed by atoms with Gasteiger partial charge in [-0.05, 0) is 61.7 Å². The summed E-state index contributed by atoms with van der Waals surface area (Å²) in [7, 11) is 0. The van der Waals surface area contributed by atoms with Gasteiger partial charge in [0.15, 0.2) is 0 Å². The van der Waals surface area contributed by atoms with Crippen LogP contribution < -0.4 is 0 Å². The van der Waals surface area contributed by atoms with Crippen LogP contribution >= 0.6 is 23.4 Å². The Bertz CT molecular complexity index is 683. The average molecular weight is 372 g/mol. The normalized spacial score (nSPS) is 14.2. The number of alkyl halides is 3. The molecule has 0 amide bonds. The van der Waals surface area contributed by atoms with Crippen molar-refractivity contribution in [2.75, 3.05) is 0 Å². The molecule has 0 bridgehead atoms. The summed E-state index contributed by atoms with van der Waals surface area (Å²) in [5.74, 6) is 0. The van der Waals surface area contributed by atoms with Gasteiger partial charge in [-0.3, -0.25) is 0 Å². The lowest BCUT2D eigenvalue weighted by molar-refractivity contribution is -0.137. The van der Waals surface area contributed by atoms with E-state index in [9.17, 15) is 13.2 Å². The van der Waals surface area contributed by atoms with Crippen LogP contribution in [0.25, 0.3) is 0 Å². The molecule has 2 aromatic rings. The number of halogens is 4. The van der Waals surface area contributed by atoms with Crippen molar-refractivity contribution in [3.63, 3.8) is 0 Å². The minimum absolute atomic E-state index is 0.487. The number of benzene rings is 2. The van der Waals surface area contributed by atoms with Crippen molar-refractivity contribution in [2.24, 2.45) is 0 Å². The van der Waals surface area contributed by atoms with Gasteiger partial charge in [-0.2, -0.15) is 13.2 Å². The molecule has 0 saturated carbocycles. The highest BCUT2D eigenvalue weighted by Crippen LogP contribution is 2.37. The van der Waals surface area contributed by atoms with Gasteiger partial charge in [0.05, 0.1) is 10.3 Å². The van der Waals surface area contributed by atoms with Gasteiger partial charge in [0.25, 0.3) is 0 Å². The minimum Gasteiger partial charge on any atom is -0.312 e. The molecule has 6 heteroatoms. The third-order valence-electron chi connectivity index (χ3n) is 3.66. The molecule has 24 heavy (non-hydrogen) atoms. The van der Waals surface area contributed by atoms with E-state index < -0.39 is 16.5 Å². The molecule has 1 unspecified atom stereocenters. The Morgan fingerprint density at radius 3 is 2.12 bits per heavy atom. The van der Waals surface area contributed by atoms with Crippen LogP contribution in [0.15, 0.2) is 53.4 Å². The first-order chi connectivity index (χ1) is 11.2. The zero-order valence-corrected chi connectivity index (χ0v) is 14.6. The molecule has 1 atom stereocenters. The molecule has 0 saturated heterocycles. The predicted octanol–water partition coefficient (Wildman–Crippen LogP) is 6.49. The van der Waals surface area contributed by atoms with Gasteiger partial charge in [0.2, 0.25) is 0 Å². The Hall–Kier alpha value is -1.46. The summed E-state index contributed by atoms with van der Waals surface area (Å²) in [5, 5.41) is 8.37. The van der Waals surface area contributed by atoms with E-state index in [2.05, 4.69) is 0 Å². The largest absolute Gasteiger partial charge is 0.416 e. The van der Waals surface area contributed by atoms with Crippen LogP contribution in [0.2, 0.25) is 5.02 Å². The van der Waals surface area contributed by atoms with Gasteiger partial charge < -0.3 is 5.41 Å². The van der Waals surface area contributed by atoms with E-state index >= 15 is 0 Å². The van der Waals surface area contributed by atoms with E-state index in [1.54, 1.807) is 0 Å². The Balaban J connectivity index is 2.04. The second kappa shape index (κ2) is 7.62. The van der Waals surface area contributed by atoms with Gasteiger partial charge >= 0.3 is 6.18 Å². The van der Waals surface area contributed by atoms with Crippen molar-refractivity contribution in [2.45, 2.75) is 35.6 Å². The number of thioether (sulfide) groups is 1. The Labute approximate surface area is 148 Å². The Morgan fingerprint density at radius 2 is 1.62 bits per heavy atom. The summed E-state index contributed by atoms with van der Waals surface area (Å²) < 4.78 is 37.3. The highest BCUT2D eigenvalue weighted by molar-refractivity contribution is 8.01. The summed E-state index contributed by atoms with van der Waals surface area (Å²) in [6.45, 7) is 1.91. The SMILES string of the molecule is CC(C=N)(CCc1ccc(Cl)cc1)Sc1ccc(C(F)(F)F)cc1. The zero-order chi connectivity index (χ0) is 17.8. The van der Waals surface area contributed by atoms with Gasteiger partial charge in [0.1, 0.15) is 0 Å². The molecule has 0 aromatic heterocycles. The van der Waals surface area contributed by atoms with E-state index in [4.69, 9.17) is 17.0 Å². The lowest BCUT2D eigenvalue weighted by Crippen LogP contribution is -2.22. The fourth-order valence-corrected chi connectivity index (χ4v) is 3.38. The highest BCUT2D eigenvalue weighted by atomic mass is 35.5. The second-order valence-corrected chi connectivity index (χ2v) is 7.75. The Morgan fingerprint density at radius 1 is 1.04 bits per heavy atom. The summed E-state index contributed by atoms with van der Waals surface area (Å²) in [6, 6.07) is 12.6. The molecular weight excluding hydrogens is 355 g/mol. The molecule has 2 rings (SSSR count). The summed E-state index contributed by atoms with van der Waals surface area (Å²) in [5.41, 5.74) is 0.449. The first-order valence-electron chi connectivity index (χ1n) is 7.34. The minimum atomic E-state index is -4.33. The number of hydrogen-bond donors (Lipinski definition) is 1. The van der Waals surface area contributed by atoms with E-state index in [1.165, 1.54) is 30.1 Å².